The molecule has 2 aromatic rings. The van der Waals surface area contributed by atoms with Crippen LogP contribution in [0.1, 0.15) is 25.5 Å². The smallest absolute Gasteiger partial charge is 0.242 e. The number of piperidine rings is 1. The molecule has 2 amide bonds. The van der Waals surface area contributed by atoms with Crippen molar-refractivity contribution in [3.8, 4) is 5.75 Å². The normalized spacial score (nSPS) is 16.7. The number of phenols is 1. The van der Waals surface area contributed by atoms with Crippen LogP contribution in [0.5, 0.6) is 5.75 Å². The molecule has 3 N–H and O–H groups in total. The summed E-state index contributed by atoms with van der Waals surface area (Å²) in [5.41, 5.74) is 0.417. The number of para-hydroxylation sites is 2. The van der Waals surface area contributed by atoms with Gasteiger partial charge in [0.05, 0.1) is 11.7 Å². The van der Waals surface area contributed by atoms with Crippen molar-refractivity contribution in [2.24, 2.45) is 5.92 Å². The third kappa shape index (κ3) is 4.65. The van der Waals surface area contributed by atoms with Crippen molar-refractivity contribution in [1.82, 2.24) is 10.1 Å². The molecule has 8 heteroatoms. The lowest BCUT2D eigenvalue weighted by Gasteiger charge is -2.34. The van der Waals surface area contributed by atoms with Gasteiger partial charge in [-0.05, 0) is 51.9 Å². The third-order valence-electron chi connectivity index (χ3n) is 4.87. The average Bonchev–Trinajstić information content (AvgIpc) is 3.07. The lowest BCUT2D eigenvalue weighted by Crippen LogP contribution is -2.47. The zero-order chi connectivity index (χ0) is 19.4. The van der Waals surface area contributed by atoms with Crippen molar-refractivity contribution < 1.29 is 19.2 Å². The molecule has 0 spiro atoms. The number of carbonyl (C=O) groups is 2. The zero-order valence-corrected chi connectivity index (χ0v) is 15.4. The van der Waals surface area contributed by atoms with Gasteiger partial charge in [-0.2, -0.15) is 0 Å². The van der Waals surface area contributed by atoms with Crippen LogP contribution in [0.2, 0.25) is 0 Å². The number of phenolic OH excluding ortho intramolecular Hbond substituents is 1. The fourth-order valence-electron chi connectivity index (χ4n) is 3.18. The Labute approximate surface area is 157 Å². The maximum absolute atomic E-state index is 12.4. The number of aromatic nitrogens is 1. The van der Waals surface area contributed by atoms with Gasteiger partial charge in [0.2, 0.25) is 11.8 Å². The highest BCUT2D eigenvalue weighted by Gasteiger charge is 2.30. The topological polar surface area (TPSA) is 108 Å². The van der Waals surface area contributed by atoms with Crippen molar-refractivity contribution in [3.05, 3.63) is 36.1 Å². The average molecular weight is 372 g/mol. The molecule has 1 aliphatic heterocycles. The van der Waals surface area contributed by atoms with Crippen LogP contribution < -0.4 is 10.6 Å². The van der Waals surface area contributed by atoms with E-state index in [9.17, 15) is 14.7 Å². The fourth-order valence-corrected chi connectivity index (χ4v) is 3.18. The Morgan fingerprint density at radius 3 is 2.59 bits per heavy atom. The first-order valence-electron chi connectivity index (χ1n) is 9.01. The Morgan fingerprint density at radius 1 is 1.26 bits per heavy atom. The number of amides is 2. The highest BCUT2D eigenvalue weighted by Crippen LogP contribution is 2.25. The number of hydrogen-bond acceptors (Lipinski definition) is 6. The summed E-state index contributed by atoms with van der Waals surface area (Å²) < 4.78 is 4.95. The molecule has 1 aromatic carbocycles. The van der Waals surface area contributed by atoms with Crippen LogP contribution >= 0.6 is 0 Å². The van der Waals surface area contributed by atoms with E-state index in [4.69, 9.17) is 4.52 Å². The summed E-state index contributed by atoms with van der Waals surface area (Å²) in [5.74, 6) is 0.688. The minimum atomic E-state index is -0.329. The minimum Gasteiger partial charge on any atom is -0.506 e. The van der Waals surface area contributed by atoms with Crippen molar-refractivity contribution in [2.45, 2.75) is 32.7 Å². The van der Waals surface area contributed by atoms with Gasteiger partial charge in [-0.25, -0.2) is 0 Å². The van der Waals surface area contributed by atoms with E-state index in [2.05, 4.69) is 15.8 Å². The first-order chi connectivity index (χ1) is 12.9. The van der Waals surface area contributed by atoms with Gasteiger partial charge in [-0.1, -0.05) is 17.3 Å². The quantitative estimate of drug-likeness (QED) is 0.696. The summed E-state index contributed by atoms with van der Waals surface area (Å²) >= 11 is 0. The van der Waals surface area contributed by atoms with Crippen LogP contribution in [0, 0.1) is 12.8 Å². The van der Waals surface area contributed by atoms with E-state index >= 15 is 0 Å². The summed E-state index contributed by atoms with van der Waals surface area (Å²) in [6.07, 6.45) is 1.31. The maximum Gasteiger partial charge on any atom is 0.242 e. The molecule has 1 aromatic heterocycles. The Morgan fingerprint density at radius 2 is 1.96 bits per heavy atom. The lowest BCUT2D eigenvalue weighted by molar-refractivity contribution is -0.123. The van der Waals surface area contributed by atoms with Crippen molar-refractivity contribution >= 4 is 23.3 Å². The van der Waals surface area contributed by atoms with Crippen LogP contribution in [-0.2, 0) is 9.59 Å². The molecular formula is C19H24N4O4. The third-order valence-corrected chi connectivity index (χ3v) is 4.87. The SMILES string of the molecule is Cc1cc(NC(=O)[C@@H](C)N2CCC(C(=O)Nc3ccccc3O)CC2)no1. The first kappa shape index (κ1) is 18.9. The summed E-state index contributed by atoms with van der Waals surface area (Å²) in [6.45, 7) is 4.89. The molecule has 27 heavy (non-hydrogen) atoms. The second-order valence-electron chi connectivity index (χ2n) is 6.80. The second-order valence-corrected chi connectivity index (χ2v) is 6.80. The largest absolute Gasteiger partial charge is 0.506 e. The number of hydrogen-bond donors (Lipinski definition) is 3. The summed E-state index contributed by atoms with van der Waals surface area (Å²) in [6, 6.07) is 8.00. The van der Waals surface area contributed by atoms with Crippen LogP contribution in [0.3, 0.4) is 0 Å². The molecule has 0 saturated carbocycles. The molecule has 1 fully saturated rings. The van der Waals surface area contributed by atoms with Gasteiger partial charge in [0.1, 0.15) is 11.5 Å². The minimum absolute atomic E-state index is 0.0525. The van der Waals surface area contributed by atoms with E-state index in [-0.39, 0.29) is 29.5 Å². The first-order valence-corrected chi connectivity index (χ1v) is 9.01. The molecular weight excluding hydrogens is 348 g/mol. The van der Waals surface area contributed by atoms with Crippen LogP contribution in [0.15, 0.2) is 34.9 Å². The molecule has 0 aliphatic carbocycles. The summed E-state index contributed by atoms with van der Waals surface area (Å²) in [4.78, 5) is 26.9. The number of benzene rings is 1. The fraction of sp³-hybridized carbons (Fsp3) is 0.421. The van der Waals surface area contributed by atoms with Gasteiger partial charge < -0.3 is 20.3 Å². The van der Waals surface area contributed by atoms with Crippen LogP contribution in [0.25, 0.3) is 0 Å². The Hall–Kier alpha value is -2.87. The molecule has 8 nitrogen and oxygen atoms in total. The molecule has 0 radical (unpaired) electrons. The number of carbonyl (C=O) groups excluding carboxylic acids is 2. The van der Waals surface area contributed by atoms with E-state index < -0.39 is 0 Å². The monoisotopic (exact) mass is 372 g/mol. The maximum atomic E-state index is 12.4. The number of aromatic hydroxyl groups is 1. The molecule has 0 bridgehead atoms. The predicted octanol–water partition coefficient (Wildman–Crippen LogP) is 2.37. The number of rotatable bonds is 5. The Bertz CT molecular complexity index is 812. The summed E-state index contributed by atoms with van der Waals surface area (Å²) in [5, 5.41) is 19.1. The van der Waals surface area contributed by atoms with E-state index in [1.807, 2.05) is 11.8 Å². The molecule has 1 atom stereocenters. The van der Waals surface area contributed by atoms with Gasteiger partial charge >= 0.3 is 0 Å². The molecule has 3 rings (SSSR count). The Kier molecular flexibility index (Phi) is 5.75. The van der Waals surface area contributed by atoms with E-state index in [1.54, 1.807) is 31.2 Å². The zero-order valence-electron chi connectivity index (χ0n) is 15.4. The van der Waals surface area contributed by atoms with E-state index in [1.165, 1.54) is 6.07 Å². The van der Waals surface area contributed by atoms with Crippen molar-refractivity contribution in [3.63, 3.8) is 0 Å². The van der Waals surface area contributed by atoms with Crippen molar-refractivity contribution in [1.29, 1.82) is 0 Å². The van der Waals surface area contributed by atoms with Gasteiger partial charge in [0, 0.05) is 12.0 Å². The van der Waals surface area contributed by atoms with Gasteiger partial charge in [0.25, 0.3) is 0 Å². The lowest BCUT2D eigenvalue weighted by atomic mass is 9.94. The molecule has 144 valence electrons. The second kappa shape index (κ2) is 8.22. The van der Waals surface area contributed by atoms with Gasteiger partial charge in [-0.3, -0.25) is 14.5 Å². The van der Waals surface area contributed by atoms with E-state index in [0.717, 1.165) is 0 Å². The van der Waals surface area contributed by atoms with Crippen LogP contribution in [-0.4, -0.2) is 46.1 Å². The molecule has 2 heterocycles. The van der Waals surface area contributed by atoms with Crippen molar-refractivity contribution in [2.75, 3.05) is 23.7 Å². The highest BCUT2D eigenvalue weighted by molar-refractivity contribution is 5.94. The standard InChI is InChI=1S/C19H24N4O4/c1-12-11-17(22-27-12)21-18(25)13(2)23-9-7-14(8-10-23)19(26)20-15-5-3-4-6-16(15)24/h3-6,11,13-14,24H,7-10H2,1-2H3,(H,20,26)(H,21,22,25)/t13-/m1/s1. The van der Waals surface area contributed by atoms with Gasteiger partial charge in [-0.15, -0.1) is 0 Å². The van der Waals surface area contributed by atoms with E-state index in [0.29, 0.717) is 43.2 Å². The van der Waals surface area contributed by atoms with Gasteiger partial charge in [0.15, 0.2) is 5.82 Å². The number of anilines is 2. The summed E-state index contributed by atoms with van der Waals surface area (Å²) in [7, 11) is 0. The molecule has 1 saturated heterocycles. The van der Waals surface area contributed by atoms with Crippen LogP contribution in [0.4, 0.5) is 11.5 Å². The Balaban J connectivity index is 1.49. The molecule has 0 unspecified atom stereocenters. The number of likely N-dealkylation sites (tertiary alicyclic amines) is 1. The number of nitrogens with one attached hydrogen (secondary N) is 2. The highest BCUT2D eigenvalue weighted by atomic mass is 16.5. The number of aryl methyl sites for hydroxylation is 1. The molecule has 1 aliphatic rings. The predicted molar refractivity (Wildman–Crippen MR) is 100 cm³/mol. The number of nitrogens with zero attached hydrogens (tertiary/aromatic N) is 2.